The third-order valence-electron chi connectivity index (χ3n) is 4.15. The highest BCUT2D eigenvalue weighted by Gasteiger charge is 2.44. The number of aromatic nitrogens is 2. The second-order valence-corrected chi connectivity index (χ2v) is 8.60. The maximum Gasteiger partial charge on any atom is 0.493 e. The summed E-state index contributed by atoms with van der Waals surface area (Å²) in [5, 5.41) is 17.8. The number of allylic oxidation sites excluding steroid dienone is 3. The Balaban J connectivity index is 2.42. The molecule has 12 heteroatoms. The van der Waals surface area contributed by atoms with Gasteiger partial charge in [-0.25, -0.2) is 22.2 Å². The molecule has 0 bridgehead atoms. The fourth-order valence-corrected chi connectivity index (χ4v) is 4.87. The summed E-state index contributed by atoms with van der Waals surface area (Å²) in [6.45, 7) is 1.26. The van der Waals surface area contributed by atoms with Crippen molar-refractivity contribution in [2.24, 2.45) is 0 Å². The third kappa shape index (κ3) is 2.57. The SMILES string of the molecule is CC1(S(=O)(=O)n2c(F)c(B(O)O)c3c(F)c(F)cnc32)C=C(Cl)C=CC1. The Morgan fingerprint density at radius 1 is 1.35 bits per heavy atom. The van der Waals surface area contributed by atoms with Crippen molar-refractivity contribution in [3.63, 3.8) is 0 Å². The lowest BCUT2D eigenvalue weighted by molar-refractivity contribution is 0.422. The van der Waals surface area contributed by atoms with E-state index in [0.29, 0.717) is 6.20 Å². The molecule has 0 saturated heterocycles. The first-order valence-electron chi connectivity index (χ1n) is 7.21. The molecule has 6 nitrogen and oxygen atoms in total. The summed E-state index contributed by atoms with van der Waals surface area (Å²) in [6.07, 6.45) is 4.39. The fraction of sp³-hybridized carbons (Fsp3) is 0.214. The van der Waals surface area contributed by atoms with Crippen LogP contribution in [-0.2, 0) is 10.0 Å². The predicted octanol–water partition coefficient (Wildman–Crippen LogP) is 1.15. The number of hydrogen-bond acceptors (Lipinski definition) is 5. The first-order chi connectivity index (χ1) is 12.0. The average molecular weight is 407 g/mol. The predicted molar refractivity (Wildman–Crippen MR) is 89.8 cm³/mol. The zero-order valence-corrected chi connectivity index (χ0v) is 14.7. The van der Waals surface area contributed by atoms with Crippen LogP contribution >= 0.6 is 11.6 Å². The van der Waals surface area contributed by atoms with E-state index in [9.17, 15) is 31.6 Å². The monoisotopic (exact) mass is 406 g/mol. The highest BCUT2D eigenvalue weighted by Crippen LogP contribution is 2.34. The minimum absolute atomic E-state index is 0.0411. The summed E-state index contributed by atoms with van der Waals surface area (Å²) < 4.78 is 67.0. The number of halogens is 4. The molecule has 26 heavy (non-hydrogen) atoms. The van der Waals surface area contributed by atoms with Crippen LogP contribution in [-0.4, -0.2) is 39.3 Å². The van der Waals surface area contributed by atoms with Gasteiger partial charge >= 0.3 is 7.12 Å². The Bertz CT molecular complexity index is 1080. The topological polar surface area (TPSA) is 92.4 Å². The van der Waals surface area contributed by atoms with E-state index >= 15 is 0 Å². The van der Waals surface area contributed by atoms with Crippen molar-refractivity contribution < 1.29 is 31.6 Å². The van der Waals surface area contributed by atoms with Gasteiger partial charge < -0.3 is 10.0 Å². The Labute approximate surface area is 151 Å². The molecule has 1 aliphatic rings. The van der Waals surface area contributed by atoms with Crippen LogP contribution in [0, 0.1) is 17.6 Å². The molecule has 0 fully saturated rings. The van der Waals surface area contributed by atoms with E-state index in [1.54, 1.807) is 0 Å². The quantitative estimate of drug-likeness (QED) is 0.746. The third-order valence-corrected chi connectivity index (χ3v) is 6.66. The standard InChI is InChI=1S/C14H11BClF3N2O4S/c1-14(4-2-3-7(16)5-14)26(24,25)21-12(19)10(15(22)23)9-11(18)8(17)6-20-13(9)21/h2-3,5-6,22-23H,4H2,1H3. The second-order valence-electron chi connectivity index (χ2n) is 5.91. The maximum absolute atomic E-state index is 14.8. The number of hydrogen-bond donors (Lipinski definition) is 2. The highest BCUT2D eigenvalue weighted by molar-refractivity contribution is 7.91. The van der Waals surface area contributed by atoms with Gasteiger partial charge in [0.1, 0.15) is 4.75 Å². The van der Waals surface area contributed by atoms with Crippen LogP contribution in [0.1, 0.15) is 13.3 Å². The minimum atomic E-state index is -4.64. The molecule has 2 N–H and O–H groups in total. The van der Waals surface area contributed by atoms with Crippen LogP contribution in [0.5, 0.6) is 0 Å². The lowest BCUT2D eigenvalue weighted by Gasteiger charge is -2.27. The molecule has 0 radical (unpaired) electrons. The van der Waals surface area contributed by atoms with Gasteiger partial charge in [-0.2, -0.15) is 8.36 Å². The summed E-state index contributed by atoms with van der Waals surface area (Å²) in [5.74, 6) is -4.82. The second kappa shape index (κ2) is 6.12. The van der Waals surface area contributed by atoms with Crippen LogP contribution in [0.2, 0.25) is 0 Å². The molecule has 0 spiro atoms. The Hall–Kier alpha value is -1.82. The normalized spacial score (nSPS) is 20.5. The van der Waals surface area contributed by atoms with Crippen molar-refractivity contribution in [3.05, 3.63) is 47.0 Å². The first-order valence-corrected chi connectivity index (χ1v) is 9.03. The van der Waals surface area contributed by atoms with E-state index < -0.39 is 56.0 Å². The van der Waals surface area contributed by atoms with Crippen molar-refractivity contribution in [3.8, 4) is 0 Å². The van der Waals surface area contributed by atoms with Gasteiger partial charge in [0.15, 0.2) is 17.3 Å². The van der Waals surface area contributed by atoms with E-state index in [-0.39, 0.29) is 15.4 Å². The molecule has 1 atom stereocenters. The van der Waals surface area contributed by atoms with Gasteiger partial charge in [-0.1, -0.05) is 17.7 Å². The lowest BCUT2D eigenvalue weighted by atomic mass is 9.80. The summed E-state index contributed by atoms with van der Waals surface area (Å²) in [6, 6.07) is 0. The fourth-order valence-electron chi connectivity index (χ4n) is 2.80. The Morgan fingerprint density at radius 2 is 2.00 bits per heavy atom. The largest absolute Gasteiger partial charge is 0.493 e. The van der Waals surface area contributed by atoms with Crippen molar-refractivity contribution in [1.82, 2.24) is 8.96 Å². The first kappa shape index (κ1) is 19.0. The molecule has 3 rings (SSSR count). The molecule has 1 unspecified atom stereocenters. The van der Waals surface area contributed by atoms with Gasteiger partial charge in [0, 0.05) is 5.03 Å². The van der Waals surface area contributed by atoms with Gasteiger partial charge in [0.05, 0.1) is 17.0 Å². The lowest BCUT2D eigenvalue weighted by Crippen LogP contribution is -2.40. The summed E-state index contributed by atoms with van der Waals surface area (Å²) in [4.78, 5) is 3.45. The van der Waals surface area contributed by atoms with Crippen LogP contribution < -0.4 is 5.46 Å². The molecule has 0 saturated carbocycles. The highest BCUT2D eigenvalue weighted by atomic mass is 35.5. The zero-order chi connectivity index (χ0) is 19.4. The van der Waals surface area contributed by atoms with Crippen LogP contribution in [0.4, 0.5) is 13.2 Å². The van der Waals surface area contributed by atoms with E-state index in [2.05, 4.69) is 4.98 Å². The van der Waals surface area contributed by atoms with Crippen molar-refractivity contribution in [2.75, 3.05) is 0 Å². The summed E-state index contributed by atoms with van der Waals surface area (Å²) in [7, 11) is -7.23. The van der Waals surface area contributed by atoms with Crippen molar-refractivity contribution >= 4 is 45.2 Å². The van der Waals surface area contributed by atoms with Crippen molar-refractivity contribution in [1.29, 1.82) is 0 Å². The molecule has 1 aliphatic carbocycles. The van der Waals surface area contributed by atoms with Gasteiger partial charge in [-0.3, -0.25) is 0 Å². The van der Waals surface area contributed by atoms with Gasteiger partial charge in [0.25, 0.3) is 10.0 Å². The van der Waals surface area contributed by atoms with E-state index in [1.807, 2.05) is 0 Å². The molecule has 2 aromatic heterocycles. The van der Waals surface area contributed by atoms with E-state index in [0.717, 1.165) is 0 Å². The molecular formula is C14H11BClF3N2O4S. The van der Waals surface area contributed by atoms with E-state index in [1.165, 1.54) is 25.2 Å². The van der Waals surface area contributed by atoms with Gasteiger partial charge in [0.2, 0.25) is 5.95 Å². The zero-order valence-electron chi connectivity index (χ0n) is 13.1. The summed E-state index contributed by atoms with van der Waals surface area (Å²) in [5.41, 5.74) is -1.93. The molecular weight excluding hydrogens is 395 g/mol. The summed E-state index contributed by atoms with van der Waals surface area (Å²) >= 11 is 5.86. The minimum Gasteiger partial charge on any atom is -0.423 e. The maximum atomic E-state index is 14.8. The van der Waals surface area contributed by atoms with Gasteiger partial charge in [-0.05, 0) is 25.5 Å². The van der Waals surface area contributed by atoms with Crippen LogP contribution in [0.3, 0.4) is 0 Å². The van der Waals surface area contributed by atoms with Crippen LogP contribution in [0.15, 0.2) is 29.5 Å². The van der Waals surface area contributed by atoms with Gasteiger partial charge in [-0.15, -0.1) is 0 Å². The molecule has 0 amide bonds. The molecule has 2 aromatic rings. The van der Waals surface area contributed by atoms with Crippen LogP contribution in [0.25, 0.3) is 11.0 Å². The number of rotatable bonds is 3. The average Bonchev–Trinajstić information content (AvgIpc) is 2.84. The number of nitrogens with zero attached hydrogens (tertiary/aromatic N) is 2. The molecule has 0 aromatic carbocycles. The smallest absolute Gasteiger partial charge is 0.423 e. The van der Waals surface area contributed by atoms with Crippen molar-refractivity contribution in [2.45, 2.75) is 18.1 Å². The Morgan fingerprint density at radius 3 is 2.58 bits per heavy atom. The molecule has 138 valence electrons. The Kier molecular flexibility index (Phi) is 4.46. The van der Waals surface area contributed by atoms with E-state index in [4.69, 9.17) is 11.6 Å². The number of fused-ring (bicyclic) bond motifs is 1. The molecule has 2 heterocycles. The number of pyridine rings is 1. The molecule has 0 aliphatic heterocycles.